The number of anilines is 1. The van der Waals surface area contributed by atoms with Gasteiger partial charge in [0.15, 0.2) is 0 Å². The molecule has 1 aromatic rings. The summed E-state index contributed by atoms with van der Waals surface area (Å²) < 4.78 is 4.94. The fourth-order valence-electron chi connectivity index (χ4n) is 2.41. The molecule has 1 saturated carbocycles. The zero-order valence-corrected chi connectivity index (χ0v) is 12.0. The molecule has 20 heavy (non-hydrogen) atoms. The number of methoxy groups -OCH3 is 1. The number of carbonyl (C=O) groups excluding carboxylic acids is 1. The third kappa shape index (κ3) is 4.49. The van der Waals surface area contributed by atoms with Crippen LogP contribution in [0.4, 0.5) is 5.82 Å². The molecule has 0 spiro atoms. The van der Waals surface area contributed by atoms with Crippen LogP contribution in [0.1, 0.15) is 42.5 Å². The van der Waals surface area contributed by atoms with Crippen molar-refractivity contribution in [3.63, 3.8) is 0 Å². The SMILES string of the molecule is COCCCNC(=O)c1ccc(NC2CCCC2)nc1. The second-order valence-electron chi connectivity index (χ2n) is 5.16. The van der Waals surface area contributed by atoms with E-state index in [0.717, 1.165) is 12.2 Å². The van der Waals surface area contributed by atoms with Crippen LogP contribution >= 0.6 is 0 Å². The molecule has 0 unspecified atom stereocenters. The Morgan fingerprint density at radius 2 is 2.20 bits per heavy atom. The van der Waals surface area contributed by atoms with E-state index in [1.54, 1.807) is 13.3 Å². The Kier molecular flexibility index (Phi) is 5.80. The first-order valence-corrected chi connectivity index (χ1v) is 7.29. The van der Waals surface area contributed by atoms with E-state index in [1.165, 1.54) is 25.7 Å². The van der Waals surface area contributed by atoms with E-state index in [4.69, 9.17) is 4.74 Å². The lowest BCUT2D eigenvalue weighted by Gasteiger charge is -2.12. The number of amides is 1. The molecule has 2 N–H and O–H groups in total. The molecular weight excluding hydrogens is 254 g/mol. The van der Waals surface area contributed by atoms with E-state index in [9.17, 15) is 4.79 Å². The van der Waals surface area contributed by atoms with Crippen molar-refractivity contribution in [2.75, 3.05) is 25.6 Å². The molecule has 1 aromatic heterocycles. The fourth-order valence-corrected chi connectivity index (χ4v) is 2.41. The number of hydrogen-bond acceptors (Lipinski definition) is 4. The van der Waals surface area contributed by atoms with Crippen LogP contribution in [0.3, 0.4) is 0 Å². The lowest BCUT2D eigenvalue weighted by Crippen LogP contribution is -2.25. The van der Waals surface area contributed by atoms with Gasteiger partial charge in [-0.2, -0.15) is 0 Å². The van der Waals surface area contributed by atoms with Crippen LogP contribution < -0.4 is 10.6 Å². The maximum absolute atomic E-state index is 11.9. The normalized spacial score (nSPS) is 15.2. The standard InChI is InChI=1S/C15H23N3O2/c1-20-10-4-9-16-15(19)12-7-8-14(17-11-12)18-13-5-2-3-6-13/h7-8,11,13H,2-6,9-10H2,1H3,(H,16,19)(H,17,18). The van der Waals surface area contributed by atoms with Crippen molar-refractivity contribution in [3.8, 4) is 0 Å². The van der Waals surface area contributed by atoms with Gasteiger partial charge in [-0.25, -0.2) is 4.98 Å². The van der Waals surface area contributed by atoms with E-state index in [0.29, 0.717) is 24.8 Å². The van der Waals surface area contributed by atoms with Crippen molar-refractivity contribution in [2.24, 2.45) is 0 Å². The van der Waals surface area contributed by atoms with E-state index in [-0.39, 0.29) is 5.91 Å². The highest BCUT2D eigenvalue weighted by atomic mass is 16.5. The third-order valence-electron chi connectivity index (χ3n) is 3.54. The molecule has 1 heterocycles. The molecule has 5 heteroatoms. The number of ether oxygens (including phenoxy) is 1. The maximum Gasteiger partial charge on any atom is 0.252 e. The van der Waals surface area contributed by atoms with Gasteiger partial charge >= 0.3 is 0 Å². The van der Waals surface area contributed by atoms with Gasteiger partial charge in [-0.05, 0) is 31.4 Å². The number of hydrogen-bond donors (Lipinski definition) is 2. The van der Waals surface area contributed by atoms with Crippen molar-refractivity contribution < 1.29 is 9.53 Å². The Bertz CT molecular complexity index is 414. The molecule has 1 amide bonds. The van der Waals surface area contributed by atoms with Gasteiger partial charge in [0.05, 0.1) is 5.56 Å². The average Bonchev–Trinajstić information content (AvgIpc) is 2.97. The topological polar surface area (TPSA) is 63.2 Å². The fraction of sp³-hybridized carbons (Fsp3) is 0.600. The molecule has 1 aliphatic carbocycles. The Labute approximate surface area is 120 Å². The molecule has 0 bridgehead atoms. The second kappa shape index (κ2) is 7.85. The smallest absolute Gasteiger partial charge is 0.252 e. The van der Waals surface area contributed by atoms with Crippen molar-refractivity contribution >= 4 is 11.7 Å². The Hall–Kier alpha value is -1.62. The summed E-state index contributed by atoms with van der Waals surface area (Å²) in [6, 6.07) is 4.23. The lowest BCUT2D eigenvalue weighted by atomic mass is 10.2. The largest absolute Gasteiger partial charge is 0.385 e. The summed E-state index contributed by atoms with van der Waals surface area (Å²) >= 11 is 0. The summed E-state index contributed by atoms with van der Waals surface area (Å²) in [5, 5.41) is 6.25. The number of pyridine rings is 1. The predicted octanol–water partition coefficient (Wildman–Crippen LogP) is 2.20. The zero-order valence-electron chi connectivity index (χ0n) is 12.0. The van der Waals surface area contributed by atoms with Gasteiger partial charge in [-0.1, -0.05) is 12.8 Å². The van der Waals surface area contributed by atoms with Gasteiger partial charge in [0, 0.05) is 32.5 Å². The molecule has 0 aromatic carbocycles. The summed E-state index contributed by atoms with van der Waals surface area (Å²) in [6.07, 6.45) is 7.45. The molecule has 0 aliphatic heterocycles. The molecule has 0 saturated heterocycles. The number of nitrogens with zero attached hydrogens (tertiary/aromatic N) is 1. The summed E-state index contributed by atoms with van der Waals surface area (Å²) in [6.45, 7) is 1.28. The highest BCUT2D eigenvalue weighted by Crippen LogP contribution is 2.21. The van der Waals surface area contributed by atoms with Crippen molar-refractivity contribution in [1.29, 1.82) is 0 Å². The van der Waals surface area contributed by atoms with Crippen molar-refractivity contribution in [2.45, 2.75) is 38.1 Å². The van der Waals surface area contributed by atoms with E-state index >= 15 is 0 Å². The average molecular weight is 277 g/mol. The molecule has 1 aliphatic rings. The van der Waals surface area contributed by atoms with Gasteiger partial charge in [-0.15, -0.1) is 0 Å². The highest BCUT2D eigenvalue weighted by Gasteiger charge is 2.15. The summed E-state index contributed by atoms with van der Waals surface area (Å²) in [5.74, 6) is 0.772. The number of carbonyl (C=O) groups is 1. The summed E-state index contributed by atoms with van der Waals surface area (Å²) in [7, 11) is 1.65. The first-order chi connectivity index (χ1) is 9.79. The summed E-state index contributed by atoms with van der Waals surface area (Å²) in [5.41, 5.74) is 0.597. The minimum Gasteiger partial charge on any atom is -0.385 e. The van der Waals surface area contributed by atoms with Crippen LogP contribution in [-0.4, -0.2) is 37.2 Å². The van der Waals surface area contributed by atoms with Gasteiger partial charge in [0.25, 0.3) is 5.91 Å². The number of aromatic nitrogens is 1. The molecular formula is C15H23N3O2. The third-order valence-corrected chi connectivity index (χ3v) is 3.54. The molecule has 0 atom stereocenters. The Balaban J connectivity index is 1.79. The van der Waals surface area contributed by atoms with Gasteiger partial charge in [0.2, 0.25) is 0 Å². The zero-order chi connectivity index (χ0) is 14.2. The molecule has 110 valence electrons. The maximum atomic E-state index is 11.9. The van der Waals surface area contributed by atoms with E-state index in [1.807, 2.05) is 12.1 Å². The van der Waals surface area contributed by atoms with Crippen LogP contribution in [0, 0.1) is 0 Å². The van der Waals surface area contributed by atoms with E-state index in [2.05, 4.69) is 15.6 Å². The quantitative estimate of drug-likeness (QED) is 0.750. The summed E-state index contributed by atoms with van der Waals surface area (Å²) in [4.78, 5) is 16.2. The van der Waals surface area contributed by atoms with Crippen molar-refractivity contribution in [1.82, 2.24) is 10.3 Å². The van der Waals surface area contributed by atoms with Gasteiger partial charge < -0.3 is 15.4 Å². The van der Waals surface area contributed by atoms with E-state index < -0.39 is 0 Å². The minimum atomic E-state index is -0.0824. The lowest BCUT2D eigenvalue weighted by molar-refractivity contribution is 0.0948. The molecule has 2 rings (SSSR count). The highest BCUT2D eigenvalue weighted by molar-refractivity contribution is 5.94. The van der Waals surface area contributed by atoms with Crippen LogP contribution in [-0.2, 0) is 4.74 Å². The Morgan fingerprint density at radius 3 is 2.85 bits per heavy atom. The first-order valence-electron chi connectivity index (χ1n) is 7.29. The van der Waals surface area contributed by atoms with Crippen molar-refractivity contribution in [3.05, 3.63) is 23.9 Å². The monoisotopic (exact) mass is 277 g/mol. The molecule has 5 nitrogen and oxygen atoms in total. The molecule has 0 radical (unpaired) electrons. The van der Waals surface area contributed by atoms with Crippen LogP contribution in [0.5, 0.6) is 0 Å². The predicted molar refractivity (Wildman–Crippen MR) is 78.9 cm³/mol. The van der Waals surface area contributed by atoms with Gasteiger partial charge in [-0.3, -0.25) is 4.79 Å². The molecule has 1 fully saturated rings. The number of rotatable bonds is 7. The minimum absolute atomic E-state index is 0.0824. The van der Waals surface area contributed by atoms with Crippen LogP contribution in [0.2, 0.25) is 0 Å². The second-order valence-corrected chi connectivity index (χ2v) is 5.16. The van der Waals surface area contributed by atoms with Crippen LogP contribution in [0.25, 0.3) is 0 Å². The van der Waals surface area contributed by atoms with Crippen LogP contribution in [0.15, 0.2) is 18.3 Å². The van der Waals surface area contributed by atoms with Gasteiger partial charge in [0.1, 0.15) is 5.82 Å². The Morgan fingerprint density at radius 1 is 1.40 bits per heavy atom. The first kappa shape index (κ1) is 14.8. The number of nitrogens with one attached hydrogen (secondary N) is 2.